The Balaban J connectivity index is 1.43. The zero-order valence-electron chi connectivity index (χ0n) is 19.8. The largest absolute Gasteiger partial charge is 0.446 e. The van der Waals surface area contributed by atoms with E-state index >= 15 is 0 Å². The summed E-state index contributed by atoms with van der Waals surface area (Å²) < 4.78 is 31.7. The van der Waals surface area contributed by atoms with Gasteiger partial charge >= 0.3 is 6.09 Å². The van der Waals surface area contributed by atoms with E-state index in [9.17, 15) is 13.2 Å². The Morgan fingerprint density at radius 1 is 1.26 bits per heavy atom. The Labute approximate surface area is 198 Å². The van der Waals surface area contributed by atoms with Crippen LogP contribution in [0.15, 0.2) is 24.5 Å². The van der Waals surface area contributed by atoms with Gasteiger partial charge in [0, 0.05) is 36.1 Å². The summed E-state index contributed by atoms with van der Waals surface area (Å²) >= 11 is 0. The van der Waals surface area contributed by atoms with Crippen molar-refractivity contribution in [3.05, 3.63) is 35.9 Å². The molecule has 1 fully saturated rings. The van der Waals surface area contributed by atoms with Crippen LogP contribution in [0.3, 0.4) is 0 Å². The van der Waals surface area contributed by atoms with Crippen LogP contribution in [-0.2, 0) is 20.3 Å². The summed E-state index contributed by atoms with van der Waals surface area (Å²) in [5.41, 5.74) is 2.08. The van der Waals surface area contributed by atoms with E-state index in [0.29, 0.717) is 22.8 Å². The van der Waals surface area contributed by atoms with Gasteiger partial charge in [0.1, 0.15) is 11.6 Å². The highest BCUT2D eigenvalue weighted by molar-refractivity contribution is 7.91. The molecule has 0 bridgehead atoms. The van der Waals surface area contributed by atoms with Crippen LogP contribution in [0.4, 0.5) is 16.4 Å². The topological polar surface area (TPSA) is 143 Å². The van der Waals surface area contributed by atoms with Gasteiger partial charge in [-0.25, -0.2) is 22.7 Å². The van der Waals surface area contributed by atoms with Gasteiger partial charge in [-0.3, -0.25) is 5.10 Å². The molecular weight excluding hydrogens is 458 g/mol. The number of rotatable bonds is 8. The molecule has 2 atom stereocenters. The summed E-state index contributed by atoms with van der Waals surface area (Å²) in [4.78, 5) is 16.3. The molecule has 3 heterocycles. The summed E-state index contributed by atoms with van der Waals surface area (Å²) in [7, 11) is -3.26. The van der Waals surface area contributed by atoms with E-state index in [1.807, 2.05) is 19.9 Å². The molecule has 0 aliphatic heterocycles. The third-order valence-corrected chi connectivity index (χ3v) is 7.99. The maximum Gasteiger partial charge on any atom is 0.407 e. The van der Waals surface area contributed by atoms with Crippen LogP contribution >= 0.6 is 0 Å². The smallest absolute Gasteiger partial charge is 0.407 e. The third kappa shape index (κ3) is 5.49. The molecule has 1 aliphatic carbocycles. The van der Waals surface area contributed by atoms with Crippen molar-refractivity contribution >= 4 is 33.1 Å². The molecule has 1 aliphatic rings. The Morgan fingerprint density at radius 2 is 2.06 bits per heavy atom. The molecule has 0 saturated heterocycles. The standard InChI is InChI=1S/C22H31N7O4S/c1-13(2)24-22(30)33-17-6-5-15(9-17)18-11-20(27-26-18)25-21-19-10-16(12-34(31,32)14(3)4)28-29(19)8-7-23-21/h7-8,10-11,13-15,17H,5-6,9,12H2,1-4H3,(H,24,30)(H2,23,25,26,27)/t15-,17+/m0/s1. The van der Waals surface area contributed by atoms with E-state index in [1.165, 1.54) is 0 Å². The zero-order valence-corrected chi connectivity index (χ0v) is 20.6. The number of hydrogen-bond donors (Lipinski definition) is 3. The van der Waals surface area contributed by atoms with Crippen molar-refractivity contribution in [2.24, 2.45) is 0 Å². The van der Waals surface area contributed by atoms with Crippen LogP contribution in [-0.4, -0.2) is 56.7 Å². The molecule has 0 unspecified atom stereocenters. The molecule has 3 aromatic rings. The number of hydrogen-bond acceptors (Lipinski definition) is 8. The van der Waals surface area contributed by atoms with Crippen LogP contribution in [0.2, 0.25) is 0 Å². The number of anilines is 2. The number of nitrogens with one attached hydrogen (secondary N) is 3. The second kappa shape index (κ2) is 9.61. The van der Waals surface area contributed by atoms with Crippen molar-refractivity contribution in [1.29, 1.82) is 0 Å². The number of aromatic nitrogens is 5. The lowest BCUT2D eigenvalue weighted by Gasteiger charge is -2.14. The molecule has 34 heavy (non-hydrogen) atoms. The number of nitrogens with zero attached hydrogens (tertiary/aromatic N) is 4. The molecule has 3 aromatic heterocycles. The number of aromatic amines is 1. The monoisotopic (exact) mass is 489 g/mol. The molecule has 3 N–H and O–H groups in total. The first-order valence-electron chi connectivity index (χ1n) is 11.4. The predicted molar refractivity (Wildman–Crippen MR) is 128 cm³/mol. The molecule has 0 aromatic carbocycles. The molecule has 0 radical (unpaired) electrons. The van der Waals surface area contributed by atoms with Gasteiger partial charge < -0.3 is 15.4 Å². The quantitative estimate of drug-likeness (QED) is 0.437. The van der Waals surface area contributed by atoms with Gasteiger partial charge in [-0.2, -0.15) is 10.2 Å². The number of carbonyl (C=O) groups excluding carboxylic acids is 1. The number of amides is 1. The van der Waals surface area contributed by atoms with Crippen molar-refractivity contribution < 1.29 is 17.9 Å². The minimum Gasteiger partial charge on any atom is -0.446 e. The predicted octanol–water partition coefficient (Wildman–Crippen LogP) is 3.29. The average Bonchev–Trinajstić information content (AvgIpc) is 3.46. The van der Waals surface area contributed by atoms with Crippen molar-refractivity contribution in [3.63, 3.8) is 0 Å². The van der Waals surface area contributed by atoms with Crippen LogP contribution in [0.5, 0.6) is 0 Å². The fourth-order valence-electron chi connectivity index (χ4n) is 3.99. The van der Waals surface area contributed by atoms with Gasteiger partial charge in [-0.15, -0.1) is 0 Å². The van der Waals surface area contributed by atoms with Gasteiger partial charge in [0.05, 0.1) is 16.7 Å². The van der Waals surface area contributed by atoms with Crippen molar-refractivity contribution in [2.45, 2.75) is 76.0 Å². The fraction of sp³-hybridized carbons (Fsp3) is 0.545. The Bertz CT molecular complexity index is 1270. The van der Waals surface area contributed by atoms with E-state index in [4.69, 9.17) is 4.74 Å². The highest BCUT2D eigenvalue weighted by atomic mass is 32.2. The number of ether oxygens (including phenoxy) is 1. The maximum absolute atomic E-state index is 12.3. The minimum absolute atomic E-state index is 0.0375. The Hall–Kier alpha value is -3.15. The van der Waals surface area contributed by atoms with E-state index in [2.05, 4.69) is 30.9 Å². The first-order chi connectivity index (χ1) is 16.1. The first kappa shape index (κ1) is 24.0. The number of fused-ring (bicyclic) bond motifs is 1. The normalized spacial score (nSPS) is 18.6. The third-order valence-electron chi connectivity index (χ3n) is 5.86. The van der Waals surface area contributed by atoms with E-state index in [-0.39, 0.29) is 29.9 Å². The highest BCUT2D eigenvalue weighted by Crippen LogP contribution is 2.36. The van der Waals surface area contributed by atoms with Crippen LogP contribution in [0, 0.1) is 0 Å². The second-order valence-electron chi connectivity index (χ2n) is 9.27. The van der Waals surface area contributed by atoms with E-state index < -0.39 is 15.1 Å². The van der Waals surface area contributed by atoms with Gasteiger partial charge in [0.2, 0.25) is 0 Å². The van der Waals surface area contributed by atoms with Gasteiger partial charge in [-0.1, -0.05) is 0 Å². The summed E-state index contributed by atoms with van der Waals surface area (Å²) in [5, 5.41) is 17.3. The molecule has 0 spiro atoms. The van der Waals surface area contributed by atoms with Crippen LogP contribution in [0.25, 0.3) is 5.52 Å². The second-order valence-corrected chi connectivity index (χ2v) is 11.8. The van der Waals surface area contributed by atoms with Crippen LogP contribution < -0.4 is 10.6 Å². The van der Waals surface area contributed by atoms with Gasteiger partial charge in [0.25, 0.3) is 0 Å². The molecule has 184 valence electrons. The van der Waals surface area contributed by atoms with Crippen molar-refractivity contribution in [3.8, 4) is 0 Å². The zero-order chi connectivity index (χ0) is 24.5. The van der Waals surface area contributed by atoms with Crippen molar-refractivity contribution in [1.82, 2.24) is 30.1 Å². The van der Waals surface area contributed by atoms with E-state index in [1.54, 1.807) is 36.8 Å². The fourth-order valence-corrected chi connectivity index (χ4v) is 4.88. The summed E-state index contributed by atoms with van der Waals surface area (Å²) in [6.07, 6.45) is 5.20. The molecule has 4 rings (SSSR count). The average molecular weight is 490 g/mol. The number of alkyl carbamates (subject to hydrolysis) is 1. The number of sulfone groups is 1. The maximum atomic E-state index is 12.3. The Kier molecular flexibility index (Phi) is 6.78. The molecule has 12 heteroatoms. The summed E-state index contributed by atoms with van der Waals surface area (Å²) in [6.45, 7) is 7.11. The number of carbonyl (C=O) groups is 1. The molecule has 11 nitrogen and oxygen atoms in total. The summed E-state index contributed by atoms with van der Waals surface area (Å²) in [6, 6.07) is 3.69. The minimum atomic E-state index is -3.26. The van der Waals surface area contributed by atoms with Gasteiger partial charge in [0.15, 0.2) is 21.5 Å². The lowest BCUT2D eigenvalue weighted by molar-refractivity contribution is 0.0981. The molecular formula is C22H31N7O4S. The summed E-state index contributed by atoms with van der Waals surface area (Å²) in [5.74, 6) is 1.21. The first-order valence-corrected chi connectivity index (χ1v) is 13.2. The molecule has 1 saturated carbocycles. The lowest BCUT2D eigenvalue weighted by atomic mass is 10.0. The SMILES string of the molecule is CC(C)NC(=O)O[C@@H]1CC[C@H](c2cc(Nc3nccn4nc(CS(=O)(=O)C(C)C)cc34)n[nH]2)C1. The lowest BCUT2D eigenvalue weighted by Crippen LogP contribution is -2.33. The Morgan fingerprint density at radius 3 is 2.79 bits per heavy atom. The number of H-pyrrole nitrogens is 1. The van der Waals surface area contributed by atoms with E-state index in [0.717, 1.165) is 25.0 Å². The van der Waals surface area contributed by atoms with Crippen LogP contribution in [0.1, 0.15) is 64.3 Å². The van der Waals surface area contributed by atoms with Gasteiger partial charge in [-0.05, 0) is 53.0 Å². The van der Waals surface area contributed by atoms with Crippen molar-refractivity contribution in [2.75, 3.05) is 5.32 Å². The highest BCUT2D eigenvalue weighted by Gasteiger charge is 2.30. The molecule has 1 amide bonds.